The number of imidazole rings is 1. The molecule has 0 saturated carbocycles. The second-order valence-corrected chi connectivity index (χ2v) is 11.1. The summed E-state index contributed by atoms with van der Waals surface area (Å²) in [6, 6.07) is 17.9. The Morgan fingerprint density at radius 2 is 1.81 bits per heavy atom. The van der Waals surface area contributed by atoms with Gasteiger partial charge in [-0.2, -0.15) is 17.5 Å². The van der Waals surface area contributed by atoms with Gasteiger partial charge in [-0.25, -0.2) is 13.4 Å². The number of H-pyrrole nitrogens is 1. The second-order valence-electron chi connectivity index (χ2n) is 9.19. The number of hydrogen-bond donors (Lipinski definition) is 1. The van der Waals surface area contributed by atoms with Crippen LogP contribution in [0.5, 0.6) is 0 Å². The summed E-state index contributed by atoms with van der Waals surface area (Å²) < 4.78 is 66.6. The van der Waals surface area contributed by atoms with Crippen molar-refractivity contribution in [2.75, 3.05) is 11.4 Å². The normalized spacial score (nSPS) is 17.1. The molecule has 2 aromatic carbocycles. The fourth-order valence-electron chi connectivity index (χ4n) is 4.82. The van der Waals surface area contributed by atoms with E-state index in [2.05, 4.69) is 15.0 Å². The number of alkyl halides is 3. The van der Waals surface area contributed by atoms with E-state index in [1.165, 1.54) is 0 Å². The van der Waals surface area contributed by atoms with Crippen molar-refractivity contribution in [1.29, 1.82) is 0 Å². The zero-order chi connectivity index (χ0) is 26.2. The average Bonchev–Trinajstić information content (AvgIpc) is 3.15. The topological polar surface area (TPSA) is 82.2 Å². The number of para-hydroxylation sites is 1. The molecule has 1 atom stereocenters. The van der Waals surface area contributed by atoms with Crippen molar-refractivity contribution in [3.05, 3.63) is 89.5 Å². The third-order valence-corrected chi connectivity index (χ3v) is 8.16. The molecule has 0 bridgehead atoms. The minimum Gasteiger partial charge on any atom is -0.361 e. The van der Waals surface area contributed by atoms with Gasteiger partial charge in [0.2, 0.25) is 0 Å². The SMILES string of the molecule is Cc1nc2cc(CN3c4ccccc4CN(S(=O)(=O)C(F)(F)F)C[C@H]3CCc3ccccc3)ncc2[nH]1. The predicted molar refractivity (Wildman–Crippen MR) is 135 cm³/mol. The van der Waals surface area contributed by atoms with E-state index >= 15 is 0 Å². The molecule has 5 rings (SSSR count). The van der Waals surface area contributed by atoms with E-state index < -0.39 is 21.6 Å². The van der Waals surface area contributed by atoms with Crippen LogP contribution in [0.3, 0.4) is 0 Å². The molecule has 4 aromatic rings. The fraction of sp³-hybridized carbons (Fsp3) is 0.308. The number of nitrogens with zero attached hydrogens (tertiary/aromatic N) is 4. The van der Waals surface area contributed by atoms with E-state index in [9.17, 15) is 21.6 Å². The largest absolute Gasteiger partial charge is 0.511 e. The monoisotopic (exact) mass is 529 g/mol. The first-order valence-electron chi connectivity index (χ1n) is 11.9. The minimum atomic E-state index is -5.53. The van der Waals surface area contributed by atoms with E-state index in [-0.39, 0.29) is 19.6 Å². The highest BCUT2D eigenvalue weighted by Gasteiger charge is 2.51. The third kappa shape index (κ3) is 5.19. The van der Waals surface area contributed by atoms with Crippen molar-refractivity contribution < 1.29 is 21.6 Å². The maximum Gasteiger partial charge on any atom is 0.511 e. The first-order chi connectivity index (χ1) is 17.6. The maximum atomic E-state index is 13.6. The molecule has 0 aliphatic carbocycles. The Hall–Kier alpha value is -3.44. The van der Waals surface area contributed by atoms with Gasteiger partial charge in [0.05, 0.1) is 29.5 Å². The van der Waals surface area contributed by atoms with Gasteiger partial charge in [0.1, 0.15) is 5.82 Å². The Morgan fingerprint density at radius 1 is 1.08 bits per heavy atom. The number of aromatic nitrogens is 3. The van der Waals surface area contributed by atoms with Gasteiger partial charge in [0, 0.05) is 24.8 Å². The number of aromatic amines is 1. The molecule has 37 heavy (non-hydrogen) atoms. The number of pyridine rings is 1. The van der Waals surface area contributed by atoms with Crippen LogP contribution in [0.1, 0.15) is 29.1 Å². The third-order valence-electron chi connectivity index (χ3n) is 6.62. The Kier molecular flexibility index (Phi) is 6.67. The Balaban J connectivity index is 1.55. The lowest BCUT2D eigenvalue weighted by atomic mass is 10.0. The molecule has 0 saturated heterocycles. The van der Waals surface area contributed by atoms with Gasteiger partial charge >= 0.3 is 15.5 Å². The average molecular weight is 530 g/mol. The maximum absolute atomic E-state index is 13.6. The minimum absolute atomic E-state index is 0.290. The van der Waals surface area contributed by atoms with Gasteiger partial charge in [-0.3, -0.25) is 4.98 Å². The highest BCUT2D eigenvalue weighted by atomic mass is 32.2. The number of sulfonamides is 1. The van der Waals surface area contributed by atoms with E-state index in [1.807, 2.05) is 60.4 Å². The zero-order valence-electron chi connectivity index (χ0n) is 20.1. The van der Waals surface area contributed by atoms with Gasteiger partial charge in [0.15, 0.2) is 0 Å². The van der Waals surface area contributed by atoms with E-state index in [4.69, 9.17) is 0 Å². The molecule has 0 fully saturated rings. The molecule has 0 radical (unpaired) electrons. The van der Waals surface area contributed by atoms with E-state index in [0.717, 1.165) is 22.4 Å². The molecule has 2 aromatic heterocycles. The lowest BCUT2D eigenvalue weighted by Crippen LogP contribution is -2.47. The van der Waals surface area contributed by atoms with Crippen LogP contribution >= 0.6 is 0 Å². The van der Waals surface area contributed by atoms with Gasteiger partial charge < -0.3 is 9.88 Å². The van der Waals surface area contributed by atoms with Gasteiger partial charge in [0.25, 0.3) is 0 Å². The van der Waals surface area contributed by atoms with Crippen LogP contribution in [0.2, 0.25) is 0 Å². The Morgan fingerprint density at radius 3 is 2.57 bits per heavy atom. The Bertz CT molecular complexity index is 1510. The molecule has 194 valence electrons. The van der Waals surface area contributed by atoms with Crippen LogP contribution in [0.4, 0.5) is 18.9 Å². The van der Waals surface area contributed by atoms with E-state index in [0.29, 0.717) is 34.1 Å². The molecule has 11 heteroatoms. The van der Waals surface area contributed by atoms with Crippen LogP contribution < -0.4 is 4.90 Å². The van der Waals surface area contributed by atoms with Crippen LogP contribution in [-0.2, 0) is 29.5 Å². The van der Waals surface area contributed by atoms with E-state index in [1.54, 1.807) is 18.3 Å². The molecular weight excluding hydrogens is 503 g/mol. The van der Waals surface area contributed by atoms with Crippen molar-refractivity contribution in [3.63, 3.8) is 0 Å². The molecule has 1 N–H and O–H groups in total. The standard InChI is InChI=1S/C26H26F3N5O2S/c1-18-31-23-13-21(30-14-24(23)32-18)16-34-22(12-11-19-7-3-2-4-8-19)17-33(37(35,36)26(27,28)29)15-20-9-5-6-10-25(20)34/h2-10,13-14,22H,11-12,15-17H2,1H3,(H,31,32)/t22-/m1/s1. The number of rotatable bonds is 6. The van der Waals surface area contributed by atoms with Gasteiger partial charge in [-0.15, -0.1) is 0 Å². The van der Waals surface area contributed by atoms with Gasteiger partial charge in [-0.1, -0.05) is 48.5 Å². The van der Waals surface area contributed by atoms with Crippen LogP contribution in [0.25, 0.3) is 11.0 Å². The lowest BCUT2D eigenvalue weighted by Gasteiger charge is -2.34. The smallest absolute Gasteiger partial charge is 0.361 e. The van der Waals surface area contributed by atoms with Crippen molar-refractivity contribution in [2.45, 2.75) is 44.4 Å². The van der Waals surface area contributed by atoms with Crippen LogP contribution in [0.15, 0.2) is 66.9 Å². The summed E-state index contributed by atoms with van der Waals surface area (Å²) in [4.78, 5) is 14.1. The number of anilines is 1. The summed E-state index contributed by atoms with van der Waals surface area (Å²) in [5.74, 6) is 0.753. The first kappa shape index (κ1) is 25.2. The molecule has 1 aliphatic rings. The number of hydrogen-bond acceptors (Lipinski definition) is 5. The van der Waals surface area contributed by atoms with Crippen molar-refractivity contribution >= 4 is 26.7 Å². The summed E-state index contributed by atoms with van der Waals surface area (Å²) in [6.07, 6.45) is 2.72. The lowest BCUT2D eigenvalue weighted by molar-refractivity contribution is -0.0492. The number of nitrogens with one attached hydrogen (secondary N) is 1. The van der Waals surface area contributed by atoms with Crippen molar-refractivity contribution in [1.82, 2.24) is 19.3 Å². The number of aryl methyl sites for hydroxylation is 2. The van der Waals surface area contributed by atoms with Crippen LogP contribution in [-0.4, -0.2) is 45.8 Å². The number of benzene rings is 2. The molecule has 3 heterocycles. The number of fused-ring (bicyclic) bond motifs is 2. The summed E-state index contributed by atoms with van der Waals surface area (Å²) >= 11 is 0. The van der Waals surface area contributed by atoms with Crippen molar-refractivity contribution in [3.8, 4) is 0 Å². The summed E-state index contributed by atoms with van der Waals surface area (Å²) in [7, 11) is -5.53. The highest BCUT2D eigenvalue weighted by molar-refractivity contribution is 7.89. The quantitative estimate of drug-likeness (QED) is 0.383. The predicted octanol–water partition coefficient (Wildman–Crippen LogP) is 4.94. The summed E-state index contributed by atoms with van der Waals surface area (Å²) in [6.45, 7) is 1.48. The highest BCUT2D eigenvalue weighted by Crippen LogP contribution is 2.35. The fourth-order valence-corrected chi connectivity index (χ4v) is 5.79. The Labute approximate surface area is 213 Å². The number of halogens is 3. The van der Waals surface area contributed by atoms with Gasteiger partial charge in [-0.05, 0) is 43.0 Å². The molecule has 0 unspecified atom stereocenters. The van der Waals surface area contributed by atoms with Crippen LogP contribution in [0, 0.1) is 6.92 Å². The summed E-state index contributed by atoms with van der Waals surface area (Å²) in [5, 5.41) is 0. The zero-order valence-corrected chi connectivity index (χ0v) is 20.9. The molecule has 0 amide bonds. The molecular formula is C26H26F3N5O2S. The summed E-state index contributed by atoms with van der Waals surface area (Å²) in [5.41, 5.74) is -0.934. The molecule has 0 spiro atoms. The molecule has 7 nitrogen and oxygen atoms in total. The first-order valence-corrected chi connectivity index (χ1v) is 13.3. The second kappa shape index (κ2) is 9.79. The molecule has 1 aliphatic heterocycles. The van der Waals surface area contributed by atoms with Crippen molar-refractivity contribution in [2.24, 2.45) is 0 Å².